The first-order valence-electron chi connectivity index (χ1n) is 5.05. The first-order chi connectivity index (χ1) is 6.58. The van der Waals surface area contributed by atoms with E-state index >= 15 is 0 Å². The van der Waals surface area contributed by atoms with Crippen LogP contribution in [-0.4, -0.2) is 51.7 Å². The summed E-state index contributed by atoms with van der Waals surface area (Å²) < 4.78 is 22.3. The Morgan fingerprint density at radius 1 is 1.43 bits per heavy atom. The molecule has 2 aliphatic heterocycles. The van der Waals surface area contributed by atoms with Crippen LogP contribution in [-0.2, 0) is 18.9 Å². The fourth-order valence-corrected chi connectivity index (χ4v) is 2.34. The van der Waals surface area contributed by atoms with Gasteiger partial charge in [-0.05, 0) is 13.8 Å². The highest BCUT2D eigenvalue weighted by molar-refractivity contribution is 6.12. The van der Waals surface area contributed by atoms with E-state index in [2.05, 4.69) is 0 Å². The molecule has 2 aliphatic rings. The van der Waals surface area contributed by atoms with Crippen LogP contribution in [0.2, 0.25) is 0 Å². The van der Waals surface area contributed by atoms with Crippen molar-refractivity contribution in [3.05, 3.63) is 0 Å². The van der Waals surface area contributed by atoms with E-state index in [1.807, 2.05) is 21.7 Å². The van der Waals surface area contributed by atoms with Crippen molar-refractivity contribution in [2.75, 3.05) is 13.7 Å². The minimum absolute atomic E-state index is 0.00699. The lowest BCUT2D eigenvalue weighted by Crippen LogP contribution is -2.43. The number of ether oxygens (including phenoxy) is 4. The number of rotatable bonds is 2. The van der Waals surface area contributed by atoms with Crippen LogP contribution < -0.4 is 0 Å². The molecule has 2 heterocycles. The molecule has 0 aromatic carbocycles. The van der Waals surface area contributed by atoms with Gasteiger partial charge in [-0.25, -0.2) is 0 Å². The molecule has 5 heteroatoms. The van der Waals surface area contributed by atoms with Gasteiger partial charge in [0.25, 0.3) is 0 Å². The van der Waals surface area contributed by atoms with Crippen molar-refractivity contribution in [1.82, 2.24) is 0 Å². The molecule has 0 aliphatic carbocycles. The highest BCUT2D eigenvalue weighted by Gasteiger charge is 2.58. The summed E-state index contributed by atoms with van der Waals surface area (Å²) in [6, 6.07) is 0.0533. The molecule has 0 spiro atoms. The second-order valence-corrected chi connectivity index (χ2v) is 4.20. The predicted molar refractivity (Wildman–Crippen MR) is 52.9 cm³/mol. The molecule has 0 amide bonds. The Bertz CT molecular complexity index is 225. The molecule has 4 nitrogen and oxygen atoms in total. The molecule has 0 radical (unpaired) electrons. The molecule has 0 aromatic rings. The normalized spacial score (nSPS) is 52.2. The van der Waals surface area contributed by atoms with Crippen LogP contribution in [0.4, 0.5) is 0 Å². The Labute approximate surface area is 85.3 Å². The third kappa shape index (κ3) is 1.39. The molecular weight excluding hydrogens is 183 g/mol. The zero-order chi connectivity index (χ0) is 10.3. The third-order valence-electron chi connectivity index (χ3n) is 3.18. The lowest BCUT2D eigenvalue weighted by molar-refractivity contribution is -0.129. The zero-order valence-corrected chi connectivity index (χ0v) is 9.15. The summed E-state index contributed by atoms with van der Waals surface area (Å²) in [5.41, 5.74) is -0.317. The molecule has 2 saturated heterocycles. The summed E-state index contributed by atoms with van der Waals surface area (Å²) in [6.07, 6.45) is -0.159. The van der Waals surface area contributed by atoms with Crippen LogP contribution in [0.5, 0.6) is 0 Å². The third-order valence-corrected chi connectivity index (χ3v) is 3.18. The summed E-state index contributed by atoms with van der Waals surface area (Å²) in [5.74, 6) is 0. The molecule has 2 rings (SSSR count). The van der Waals surface area contributed by atoms with E-state index in [0.717, 1.165) is 0 Å². The molecule has 0 bridgehead atoms. The van der Waals surface area contributed by atoms with Crippen LogP contribution in [0, 0.1) is 0 Å². The van der Waals surface area contributed by atoms with Gasteiger partial charge in [0.2, 0.25) is 0 Å². The first-order valence-corrected chi connectivity index (χ1v) is 5.05. The van der Waals surface area contributed by atoms with Gasteiger partial charge in [0.15, 0.2) is 6.29 Å². The maximum atomic E-state index is 5.76. The standard InChI is InChI=1S/C9H17BO4/c1-5-12-7-6(4-11-3)13-8(10)9(7,2)14-5/h5-8H,4,10H2,1-3H3/t5?,6-,7-,8-,9-/m1/s1. The summed E-state index contributed by atoms with van der Waals surface area (Å²) in [7, 11) is 3.69. The maximum absolute atomic E-state index is 5.76. The highest BCUT2D eigenvalue weighted by atomic mass is 16.8. The Kier molecular flexibility index (Phi) is 2.60. The Morgan fingerprint density at radius 2 is 2.14 bits per heavy atom. The highest BCUT2D eigenvalue weighted by Crippen LogP contribution is 2.41. The molecule has 2 fully saturated rings. The van der Waals surface area contributed by atoms with Crippen LogP contribution in [0.15, 0.2) is 0 Å². The SMILES string of the molecule is B[C@@H]1O[C@H](COC)[C@H]2OC(C)O[C@@]12C. The van der Waals surface area contributed by atoms with Crippen molar-refractivity contribution in [2.45, 2.75) is 43.9 Å². The van der Waals surface area contributed by atoms with Gasteiger partial charge in [-0.1, -0.05) is 0 Å². The van der Waals surface area contributed by atoms with Crippen molar-refractivity contribution in [3.8, 4) is 0 Å². The lowest BCUT2D eigenvalue weighted by Gasteiger charge is -2.24. The van der Waals surface area contributed by atoms with E-state index in [4.69, 9.17) is 18.9 Å². The van der Waals surface area contributed by atoms with E-state index in [-0.39, 0.29) is 30.1 Å². The minimum Gasteiger partial charge on any atom is -0.382 e. The monoisotopic (exact) mass is 200 g/mol. The van der Waals surface area contributed by atoms with Crippen molar-refractivity contribution < 1.29 is 18.9 Å². The topological polar surface area (TPSA) is 36.9 Å². The van der Waals surface area contributed by atoms with Gasteiger partial charge in [0.05, 0.1) is 12.6 Å². The average Bonchev–Trinajstić information content (AvgIpc) is 2.50. The number of hydrogen-bond donors (Lipinski definition) is 0. The number of methoxy groups -OCH3 is 1. The number of fused-ring (bicyclic) bond motifs is 1. The lowest BCUT2D eigenvalue weighted by atomic mass is 9.82. The second kappa shape index (κ2) is 3.49. The fourth-order valence-electron chi connectivity index (χ4n) is 2.34. The van der Waals surface area contributed by atoms with Gasteiger partial charge in [-0.3, -0.25) is 0 Å². The van der Waals surface area contributed by atoms with Crippen LogP contribution in [0.3, 0.4) is 0 Å². The zero-order valence-electron chi connectivity index (χ0n) is 9.15. The van der Waals surface area contributed by atoms with Gasteiger partial charge in [0.1, 0.15) is 25.7 Å². The summed E-state index contributed by atoms with van der Waals surface area (Å²) in [6.45, 7) is 4.52. The quantitative estimate of drug-likeness (QED) is 0.563. The molecule has 1 unspecified atom stereocenters. The van der Waals surface area contributed by atoms with Gasteiger partial charge in [-0.15, -0.1) is 0 Å². The largest absolute Gasteiger partial charge is 0.382 e. The van der Waals surface area contributed by atoms with E-state index in [1.165, 1.54) is 0 Å². The summed E-state index contributed by atoms with van der Waals surface area (Å²) in [5, 5.41) is 0. The molecule has 14 heavy (non-hydrogen) atoms. The van der Waals surface area contributed by atoms with E-state index in [9.17, 15) is 0 Å². The molecule has 0 saturated carbocycles. The molecular formula is C9H17BO4. The van der Waals surface area contributed by atoms with Gasteiger partial charge in [0, 0.05) is 7.11 Å². The molecule has 0 N–H and O–H groups in total. The van der Waals surface area contributed by atoms with E-state index in [1.54, 1.807) is 7.11 Å². The van der Waals surface area contributed by atoms with E-state index in [0.29, 0.717) is 6.61 Å². The van der Waals surface area contributed by atoms with Crippen LogP contribution in [0.25, 0.3) is 0 Å². The number of hydrogen-bond acceptors (Lipinski definition) is 4. The molecule has 80 valence electrons. The van der Waals surface area contributed by atoms with Gasteiger partial charge in [-0.2, -0.15) is 0 Å². The van der Waals surface area contributed by atoms with Crippen LogP contribution in [0.1, 0.15) is 13.8 Å². The second-order valence-electron chi connectivity index (χ2n) is 4.20. The Morgan fingerprint density at radius 3 is 2.79 bits per heavy atom. The van der Waals surface area contributed by atoms with Crippen LogP contribution >= 0.6 is 0 Å². The minimum atomic E-state index is -0.317. The molecule has 5 atom stereocenters. The van der Waals surface area contributed by atoms with Gasteiger partial charge >= 0.3 is 0 Å². The van der Waals surface area contributed by atoms with Crippen molar-refractivity contribution in [1.29, 1.82) is 0 Å². The van der Waals surface area contributed by atoms with E-state index < -0.39 is 0 Å². The average molecular weight is 200 g/mol. The summed E-state index contributed by atoms with van der Waals surface area (Å²) in [4.78, 5) is 0. The van der Waals surface area contributed by atoms with Crippen molar-refractivity contribution in [2.24, 2.45) is 0 Å². The maximum Gasteiger partial charge on any atom is 0.156 e. The van der Waals surface area contributed by atoms with Crippen molar-refractivity contribution in [3.63, 3.8) is 0 Å². The Balaban J connectivity index is 2.14. The van der Waals surface area contributed by atoms with Gasteiger partial charge < -0.3 is 18.9 Å². The summed E-state index contributed by atoms with van der Waals surface area (Å²) >= 11 is 0. The fraction of sp³-hybridized carbons (Fsp3) is 1.00. The molecule has 0 aromatic heterocycles. The first kappa shape index (κ1) is 10.4. The van der Waals surface area contributed by atoms with Crippen molar-refractivity contribution >= 4 is 7.85 Å². The smallest absolute Gasteiger partial charge is 0.156 e. The Hall–Kier alpha value is -0.0951. The predicted octanol–water partition coefficient (Wildman–Crippen LogP) is -0.489.